The average Bonchev–Trinajstić information content (AvgIpc) is 3.13. The van der Waals surface area contributed by atoms with Crippen LogP contribution in [0.4, 0.5) is 5.95 Å². The number of ether oxygens (including phenoxy) is 2. The van der Waals surface area contributed by atoms with E-state index in [0.717, 1.165) is 34.3 Å². The van der Waals surface area contributed by atoms with Crippen molar-refractivity contribution in [1.29, 1.82) is 0 Å². The molecule has 0 aliphatic heterocycles. The lowest BCUT2D eigenvalue weighted by Crippen LogP contribution is -2.09. The summed E-state index contributed by atoms with van der Waals surface area (Å²) in [6.07, 6.45) is 1.87. The molecular formula is C21H23N3O6. The Balaban J connectivity index is 0.000000469. The van der Waals surface area contributed by atoms with Gasteiger partial charge in [-0.2, -0.15) is 0 Å². The van der Waals surface area contributed by atoms with Gasteiger partial charge in [-0.15, -0.1) is 0 Å². The Morgan fingerprint density at radius 1 is 1.00 bits per heavy atom. The van der Waals surface area contributed by atoms with Crippen LogP contribution in [0.1, 0.15) is 5.56 Å². The molecule has 2 aromatic carbocycles. The van der Waals surface area contributed by atoms with Crippen molar-refractivity contribution in [2.75, 3.05) is 19.5 Å². The number of imidazole rings is 1. The molecule has 1 aromatic heterocycles. The molecule has 0 fully saturated rings. The Labute approximate surface area is 173 Å². The van der Waals surface area contributed by atoms with Gasteiger partial charge in [0.05, 0.1) is 26.1 Å². The SMILES string of the molecule is COc1ccc(-c2cnc(NCc3cccc(OC)c3)n2C)cc1.O=C(O)C(=O)O. The molecule has 3 rings (SSSR count). The van der Waals surface area contributed by atoms with E-state index in [2.05, 4.69) is 16.4 Å². The number of carboxylic acid groups (broad SMARTS) is 2. The minimum absolute atomic E-state index is 0.685. The fraction of sp³-hybridized carbons (Fsp3) is 0.190. The number of rotatable bonds is 6. The minimum Gasteiger partial charge on any atom is -0.497 e. The summed E-state index contributed by atoms with van der Waals surface area (Å²) in [5, 5.41) is 18.1. The summed E-state index contributed by atoms with van der Waals surface area (Å²) in [4.78, 5) is 22.7. The van der Waals surface area contributed by atoms with Gasteiger partial charge in [-0.05, 0) is 42.0 Å². The second-order valence-corrected chi connectivity index (χ2v) is 6.07. The molecule has 0 aliphatic carbocycles. The van der Waals surface area contributed by atoms with Crippen LogP contribution in [0.15, 0.2) is 54.7 Å². The summed E-state index contributed by atoms with van der Waals surface area (Å²) >= 11 is 0. The summed E-state index contributed by atoms with van der Waals surface area (Å²) < 4.78 is 12.5. The molecule has 9 heteroatoms. The fourth-order valence-electron chi connectivity index (χ4n) is 2.57. The van der Waals surface area contributed by atoms with Crippen LogP contribution in [0.25, 0.3) is 11.3 Å². The van der Waals surface area contributed by atoms with E-state index >= 15 is 0 Å². The molecule has 30 heavy (non-hydrogen) atoms. The quantitative estimate of drug-likeness (QED) is 0.527. The normalized spacial score (nSPS) is 9.83. The first-order valence-corrected chi connectivity index (χ1v) is 8.84. The third-order valence-corrected chi connectivity index (χ3v) is 4.14. The lowest BCUT2D eigenvalue weighted by Gasteiger charge is -2.09. The van der Waals surface area contributed by atoms with Crippen LogP contribution in [-0.2, 0) is 23.2 Å². The van der Waals surface area contributed by atoms with Crippen molar-refractivity contribution in [1.82, 2.24) is 9.55 Å². The van der Waals surface area contributed by atoms with E-state index < -0.39 is 11.9 Å². The molecule has 0 saturated heterocycles. The zero-order valence-electron chi connectivity index (χ0n) is 16.8. The first-order valence-electron chi connectivity index (χ1n) is 8.84. The molecule has 0 aliphatic rings. The summed E-state index contributed by atoms with van der Waals surface area (Å²) in [5.74, 6) is -1.13. The molecule has 0 saturated carbocycles. The van der Waals surface area contributed by atoms with E-state index in [1.54, 1.807) is 14.2 Å². The maximum absolute atomic E-state index is 9.10. The minimum atomic E-state index is -1.82. The van der Waals surface area contributed by atoms with Gasteiger partial charge in [0.25, 0.3) is 0 Å². The standard InChI is InChI=1S/C19H21N3O2.C2H2O4/c1-22-18(15-7-9-16(23-2)10-8-15)13-21-19(22)20-12-14-5-4-6-17(11-14)24-3;3-1(4)2(5)6/h4-11,13H,12H2,1-3H3,(H,20,21);(H,3,4)(H,5,6). The summed E-state index contributed by atoms with van der Waals surface area (Å²) in [6, 6.07) is 16.0. The Hall–Kier alpha value is -4.01. The maximum Gasteiger partial charge on any atom is 0.414 e. The average molecular weight is 413 g/mol. The summed E-state index contributed by atoms with van der Waals surface area (Å²) in [6.45, 7) is 0.685. The largest absolute Gasteiger partial charge is 0.497 e. The predicted molar refractivity (Wildman–Crippen MR) is 111 cm³/mol. The molecule has 9 nitrogen and oxygen atoms in total. The molecule has 0 radical (unpaired) electrons. The number of benzene rings is 2. The Kier molecular flexibility index (Phi) is 7.81. The number of hydrogen-bond acceptors (Lipinski definition) is 6. The van der Waals surface area contributed by atoms with Gasteiger partial charge in [-0.25, -0.2) is 14.6 Å². The van der Waals surface area contributed by atoms with Crippen LogP contribution in [0.3, 0.4) is 0 Å². The van der Waals surface area contributed by atoms with E-state index in [1.807, 2.05) is 60.3 Å². The molecule has 0 bridgehead atoms. The highest BCUT2D eigenvalue weighted by Crippen LogP contribution is 2.24. The van der Waals surface area contributed by atoms with Crippen molar-refractivity contribution >= 4 is 17.9 Å². The van der Waals surface area contributed by atoms with Gasteiger partial charge in [0.15, 0.2) is 0 Å². The van der Waals surface area contributed by atoms with Crippen molar-refractivity contribution < 1.29 is 29.3 Å². The van der Waals surface area contributed by atoms with Gasteiger partial charge in [0.2, 0.25) is 5.95 Å². The van der Waals surface area contributed by atoms with Crippen molar-refractivity contribution in [3.05, 3.63) is 60.3 Å². The van der Waals surface area contributed by atoms with Crippen LogP contribution < -0.4 is 14.8 Å². The lowest BCUT2D eigenvalue weighted by molar-refractivity contribution is -0.159. The van der Waals surface area contributed by atoms with E-state index in [1.165, 1.54) is 0 Å². The molecule has 0 atom stereocenters. The van der Waals surface area contributed by atoms with Gasteiger partial charge in [0, 0.05) is 19.2 Å². The number of nitrogens with one attached hydrogen (secondary N) is 1. The zero-order chi connectivity index (χ0) is 22.1. The number of aromatic nitrogens is 2. The third-order valence-electron chi connectivity index (χ3n) is 4.14. The first kappa shape index (κ1) is 22.3. The third kappa shape index (κ3) is 5.99. The number of carbonyl (C=O) groups is 2. The van der Waals surface area contributed by atoms with Crippen LogP contribution in [0.2, 0.25) is 0 Å². The van der Waals surface area contributed by atoms with Gasteiger partial charge in [0.1, 0.15) is 11.5 Å². The topological polar surface area (TPSA) is 123 Å². The Morgan fingerprint density at radius 2 is 1.63 bits per heavy atom. The van der Waals surface area contributed by atoms with Crippen LogP contribution >= 0.6 is 0 Å². The fourth-order valence-corrected chi connectivity index (χ4v) is 2.57. The smallest absolute Gasteiger partial charge is 0.414 e. The van der Waals surface area contributed by atoms with Crippen molar-refractivity contribution in [2.45, 2.75) is 6.54 Å². The van der Waals surface area contributed by atoms with Crippen molar-refractivity contribution in [3.63, 3.8) is 0 Å². The van der Waals surface area contributed by atoms with Gasteiger partial charge < -0.3 is 29.6 Å². The van der Waals surface area contributed by atoms with Gasteiger partial charge >= 0.3 is 11.9 Å². The van der Waals surface area contributed by atoms with E-state index in [0.29, 0.717) is 6.54 Å². The highest BCUT2D eigenvalue weighted by atomic mass is 16.5. The van der Waals surface area contributed by atoms with Crippen LogP contribution in [0.5, 0.6) is 11.5 Å². The summed E-state index contributed by atoms with van der Waals surface area (Å²) in [5.41, 5.74) is 3.29. The van der Waals surface area contributed by atoms with Crippen LogP contribution in [-0.4, -0.2) is 45.9 Å². The molecule has 158 valence electrons. The second kappa shape index (κ2) is 10.5. The molecular weight excluding hydrogens is 390 g/mol. The number of hydrogen-bond donors (Lipinski definition) is 3. The van der Waals surface area contributed by atoms with Crippen LogP contribution in [0, 0.1) is 0 Å². The number of carboxylic acids is 2. The zero-order valence-corrected chi connectivity index (χ0v) is 16.8. The van der Waals surface area contributed by atoms with Gasteiger partial charge in [-0.1, -0.05) is 12.1 Å². The van der Waals surface area contributed by atoms with E-state index in [-0.39, 0.29) is 0 Å². The Bertz CT molecular complexity index is 986. The predicted octanol–water partition coefficient (Wildman–Crippen LogP) is 2.87. The molecule has 0 unspecified atom stereocenters. The van der Waals surface area contributed by atoms with E-state index in [4.69, 9.17) is 29.3 Å². The van der Waals surface area contributed by atoms with Gasteiger partial charge in [-0.3, -0.25) is 0 Å². The first-order chi connectivity index (χ1) is 14.3. The monoisotopic (exact) mass is 413 g/mol. The lowest BCUT2D eigenvalue weighted by atomic mass is 10.1. The highest BCUT2D eigenvalue weighted by molar-refractivity contribution is 6.27. The van der Waals surface area contributed by atoms with E-state index in [9.17, 15) is 0 Å². The number of anilines is 1. The molecule has 3 aromatic rings. The maximum atomic E-state index is 9.10. The Morgan fingerprint density at radius 3 is 2.20 bits per heavy atom. The number of nitrogens with zero attached hydrogens (tertiary/aromatic N) is 2. The molecule has 0 spiro atoms. The summed E-state index contributed by atoms with van der Waals surface area (Å²) in [7, 11) is 5.34. The van der Waals surface area contributed by atoms with Crippen molar-refractivity contribution in [2.24, 2.45) is 7.05 Å². The second-order valence-electron chi connectivity index (χ2n) is 6.07. The van der Waals surface area contributed by atoms with Crippen molar-refractivity contribution in [3.8, 4) is 22.8 Å². The highest BCUT2D eigenvalue weighted by Gasteiger charge is 2.09. The molecule has 3 N–H and O–H groups in total. The molecule has 0 amide bonds. The number of aliphatic carboxylic acids is 2. The number of methoxy groups -OCH3 is 2. The molecule has 1 heterocycles.